The average Bonchev–Trinajstić information content (AvgIpc) is 3.22. The fraction of sp³-hybridized carbons (Fsp3) is 0.109. The van der Waals surface area contributed by atoms with Gasteiger partial charge in [-0.3, -0.25) is 14.4 Å². The molecule has 2 amide bonds. The van der Waals surface area contributed by atoms with Crippen molar-refractivity contribution < 1.29 is 43.3 Å². The van der Waals surface area contributed by atoms with E-state index in [2.05, 4.69) is 10.6 Å². The van der Waals surface area contributed by atoms with Crippen LogP contribution >= 0.6 is 0 Å². The third-order valence-corrected chi connectivity index (χ3v) is 8.74. The van der Waals surface area contributed by atoms with Gasteiger partial charge < -0.3 is 30.0 Å². The smallest absolute Gasteiger partial charge is 0.339 e. The lowest BCUT2D eigenvalue weighted by atomic mass is 10.0. The highest BCUT2D eigenvalue weighted by molar-refractivity contribution is 6.10. The molecule has 11 nitrogen and oxygen atoms in total. The Morgan fingerprint density at radius 3 is 1.37 bits per heavy atom. The van der Waals surface area contributed by atoms with Crippen LogP contribution in [0.15, 0.2) is 133 Å². The van der Waals surface area contributed by atoms with Gasteiger partial charge in [-0.1, -0.05) is 84.9 Å². The van der Waals surface area contributed by atoms with Crippen LogP contribution in [-0.2, 0) is 14.3 Å². The highest BCUT2D eigenvalue weighted by Crippen LogP contribution is 2.29. The Balaban J connectivity index is 0.000000219. The average molecular weight is 765 g/mol. The van der Waals surface area contributed by atoms with Crippen molar-refractivity contribution in [3.63, 3.8) is 0 Å². The van der Waals surface area contributed by atoms with Crippen LogP contribution in [0.25, 0.3) is 22.3 Å². The van der Waals surface area contributed by atoms with Gasteiger partial charge in [0, 0.05) is 18.1 Å². The summed E-state index contributed by atoms with van der Waals surface area (Å²) in [5.41, 5.74) is 6.81. The largest absolute Gasteiger partial charge is 0.508 e. The highest BCUT2D eigenvalue weighted by atomic mass is 16.5. The van der Waals surface area contributed by atoms with E-state index in [1.807, 2.05) is 60.7 Å². The summed E-state index contributed by atoms with van der Waals surface area (Å²) in [7, 11) is 2.57. The monoisotopic (exact) mass is 764 g/mol. The van der Waals surface area contributed by atoms with Crippen LogP contribution in [0, 0.1) is 13.8 Å². The lowest BCUT2D eigenvalue weighted by Gasteiger charge is -2.14. The Kier molecular flexibility index (Phi) is 13.3. The molecule has 6 rings (SSSR count). The van der Waals surface area contributed by atoms with E-state index in [1.165, 1.54) is 39.3 Å². The van der Waals surface area contributed by atoms with Crippen LogP contribution in [0.1, 0.15) is 59.5 Å². The first kappa shape index (κ1) is 40.7. The van der Waals surface area contributed by atoms with E-state index < -0.39 is 29.7 Å². The quantitative estimate of drug-likeness (QED) is 0.0965. The molecule has 288 valence electrons. The van der Waals surface area contributed by atoms with Gasteiger partial charge in [0.25, 0.3) is 11.8 Å². The Labute approximate surface area is 329 Å². The molecule has 6 aromatic carbocycles. The van der Waals surface area contributed by atoms with Crippen LogP contribution in [-0.4, -0.2) is 49.0 Å². The number of phenols is 1. The molecule has 0 bridgehead atoms. The first-order valence-corrected chi connectivity index (χ1v) is 17.7. The molecule has 0 fully saturated rings. The number of ether oxygens (including phenoxy) is 3. The number of benzene rings is 6. The molecule has 0 aliphatic carbocycles. The molecule has 0 heterocycles. The van der Waals surface area contributed by atoms with Gasteiger partial charge in [-0.2, -0.15) is 0 Å². The molecule has 0 aromatic heterocycles. The van der Waals surface area contributed by atoms with Crippen molar-refractivity contribution in [1.29, 1.82) is 0 Å². The summed E-state index contributed by atoms with van der Waals surface area (Å²) in [4.78, 5) is 61.2. The first-order chi connectivity index (χ1) is 27.4. The summed E-state index contributed by atoms with van der Waals surface area (Å²) >= 11 is 0. The SMILES string of the molecule is COC(=O)c1ccc(-c2ccccc2)cc1NC(=O)c1cc(O)ccc1C.COC(=O)c1ccc(-c2ccccc2)cc1NC(=O)c1cc(OC(C)=O)ccc1C. The Hall–Kier alpha value is -7.53. The number of carbonyl (C=O) groups excluding carboxylic acids is 5. The number of methoxy groups -OCH3 is 2. The number of nitrogens with one attached hydrogen (secondary N) is 2. The minimum Gasteiger partial charge on any atom is -0.508 e. The van der Waals surface area contributed by atoms with Gasteiger partial charge >= 0.3 is 17.9 Å². The summed E-state index contributed by atoms with van der Waals surface area (Å²) in [5, 5.41) is 15.2. The zero-order valence-corrected chi connectivity index (χ0v) is 31.9. The van der Waals surface area contributed by atoms with Crippen molar-refractivity contribution >= 4 is 41.1 Å². The van der Waals surface area contributed by atoms with Crippen molar-refractivity contribution in [3.05, 3.63) is 167 Å². The van der Waals surface area contributed by atoms with Gasteiger partial charge in [0.1, 0.15) is 11.5 Å². The van der Waals surface area contributed by atoms with Gasteiger partial charge in [0.15, 0.2) is 0 Å². The second-order valence-corrected chi connectivity index (χ2v) is 12.7. The minimum atomic E-state index is -0.560. The van der Waals surface area contributed by atoms with Crippen LogP contribution in [0.4, 0.5) is 11.4 Å². The predicted octanol–water partition coefficient (Wildman–Crippen LogP) is 9.03. The summed E-state index contributed by atoms with van der Waals surface area (Å²) in [6.07, 6.45) is 0. The van der Waals surface area contributed by atoms with Gasteiger partial charge in [0.2, 0.25) is 0 Å². The Bertz CT molecular complexity index is 2440. The number of phenolic OH excluding ortho intramolecular Hbond substituents is 1. The van der Waals surface area contributed by atoms with Gasteiger partial charge in [-0.05, 0) is 95.8 Å². The predicted molar refractivity (Wildman–Crippen MR) is 218 cm³/mol. The van der Waals surface area contributed by atoms with Gasteiger partial charge in [-0.25, -0.2) is 9.59 Å². The standard InChI is InChI=1S/C24H21NO5.C22H19NO4/c1-15-9-11-19(30-16(2)26)14-21(15)23(27)25-22-13-18(17-7-5-4-6-8-17)10-12-20(22)24(28)29-3;1-14-8-10-17(24)13-19(14)21(25)23-20-12-16(15-6-4-3-5-7-15)9-11-18(20)22(26)27-2/h4-14H,1-3H3,(H,25,27);3-13,24H,1-2H3,(H,23,25). The normalized spacial score (nSPS) is 10.3. The molecule has 0 radical (unpaired) electrons. The third-order valence-electron chi connectivity index (χ3n) is 8.74. The first-order valence-electron chi connectivity index (χ1n) is 17.7. The van der Waals surface area contributed by atoms with E-state index >= 15 is 0 Å². The van der Waals surface area contributed by atoms with Crippen LogP contribution < -0.4 is 15.4 Å². The third kappa shape index (κ3) is 10.4. The maximum absolute atomic E-state index is 13.0. The highest BCUT2D eigenvalue weighted by Gasteiger charge is 2.19. The summed E-state index contributed by atoms with van der Waals surface area (Å²) < 4.78 is 14.7. The van der Waals surface area contributed by atoms with Crippen molar-refractivity contribution in [1.82, 2.24) is 0 Å². The number of hydrogen-bond donors (Lipinski definition) is 3. The lowest BCUT2D eigenvalue weighted by Crippen LogP contribution is -2.17. The zero-order valence-electron chi connectivity index (χ0n) is 31.9. The molecule has 57 heavy (non-hydrogen) atoms. The van der Waals surface area contributed by atoms with Crippen LogP contribution in [0.2, 0.25) is 0 Å². The second-order valence-electron chi connectivity index (χ2n) is 12.7. The van der Waals surface area contributed by atoms with E-state index in [1.54, 1.807) is 68.4 Å². The molecular formula is C46H40N2O9. The maximum Gasteiger partial charge on any atom is 0.339 e. The number of aryl methyl sites for hydroxylation is 2. The molecule has 0 atom stereocenters. The molecule has 3 N–H and O–H groups in total. The van der Waals surface area contributed by atoms with Gasteiger partial charge in [-0.15, -0.1) is 0 Å². The van der Waals surface area contributed by atoms with Crippen molar-refractivity contribution in [2.75, 3.05) is 24.9 Å². The van der Waals surface area contributed by atoms with Gasteiger partial charge in [0.05, 0.1) is 36.7 Å². The van der Waals surface area contributed by atoms with Crippen molar-refractivity contribution in [2.45, 2.75) is 20.8 Å². The fourth-order valence-electron chi connectivity index (χ4n) is 5.80. The molecule has 0 unspecified atom stereocenters. The van der Waals surface area contributed by atoms with E-state index in [4.69, 9.17) is 14.2 Å². The molecular weight excluding hydrogens is 725 g/mol. The topological polar surface area (TPSA) is 157 Å². The zero-order chi connectivity index (χ0) is 41.1. The fourth-order valence-corrected chi connectivity index (χ4v) is 5.80. The van der Waals surface area contributed by atoms with Crippen molar-refractivity contribution in [2.24, 2.45) is 0 Å². The number of carbonyl (C=O) groups is 5. The Morgan fingerprint density at radius 2 is 0.930 bits per heavy atom. The Morgan fingerprint density at radius 1 is 0.491 bits per heavy atom. The molecule has 6 aromatic rings. The van der Waals surface area contributed by atoms with Crippen LogP contribution in [0.3, 0.4) is 0 Å². The minimum absolute atomic E-state index is 0.00280. The van der Waals surface area contributed by atoms with E-state index in [0.717, 1.165) is 22.3 Å². The second kappa shape index (κ2) is 18.7. The molecule has 11 heteroatoms. The lowest BCUT2D eigenvalue weighted by molar-refractivity contribution is -0.131. The summed E-state index contributed by atoms with van der Waals surface area (Å²) in [6.45, 7) is 4.83. The summed E-state index contributed by atoms with van der Waals surface area (Å²) in [5.74, 6) is -2.17. The summed E-state index contributed by atoms with van der Waals surface area (Å²) in [6, 6.07) is 38.9. The molecule has 0 aliphatic heterocycles. The molecule has 0 aliphatic rings. The number of rotatable bonds is 9. The van der Waals surface area contributed by atoms with Crippen molar-refractivity contribution in [3.8, 4) is 33.8 Å². The molecule has 0 spiro atoms. The van der Waals surface area contributed by atoms with E-state index in [-0.39, 0.29) is 22.6 Å². The van der Waals surface area contributed by atoms with E-state index in [0.29, 0.717) is 33.6 Å². The maximum atomic E-state index is 13.0. The van der Waals surface area contributed by atoms with E-state index in [9.17, 15) is 29.1 Å². The number of hydrogen-bond acceptors (Lipinski definition) is 9. The molecule has 0 saturated carbocycles. The number of anilines is 2. The van der Waals surface area contributed by atoms with Crippen LogP contribution in [0.5, 0.6) is 11.5 Å². The number of esters is 3. The molecule has 0 saturated heterocycles. The number of amides is 2. The number of aromatic hydroxyl groups is 1.